The summed E-state index contributed by atoms with van der Waals surface area (Å²) in [5.41, 5.74) is 2.87. The summed E-state index contributed by atoms with van der Waals surface area (Å²) in [4.78, 5) is 14.1. The van der Waals surface area contributed by atoms with E-state index in [1.54, 1.807) is 0 Å². The molecule has 2 N–H and O–H groups in total. The zero-order valence-electron chi connectivity index (χ0n) is 11.8. The van der Waals surface area contributed by atoms with Gasteiger partial charge in [-0.3, -0.25) is 4.79 Å². The molecule has 0 saturated heterocycles. The van der Waals surface area contributed by atoms with E-state index >= 15 is 0 Å². The van der Waals surface area contributed by atoms with Crippen molar-refractivity contribution < 1.29 is 4.79 Å². The molecule has 4 nitrogen and oxygen atoms in total. The lowest BCUT2D eigenvalue weighted by molar-refractivity contribution is 0.0793. The van der Waals surface area contributed by atoms with E-state index in [4.69, 9.17) is 0 Å². The maximum absolute atomic E-state index is 12.3. The van der Waals surface area contributed by atoms with Gasteiger partial charge in [0.15, 0.2) is 0 Å². The Kier molecular flexibility index (Phi) is 4.66. The number of fused-ring (bicyclic) bond motifs is 1. The first-order chi connectivity index (χ1) is 9.22. The Morgan fingerprint density at radius 1 is 1.21 bits per heavy atom. The van der Waals surface area contributed by atoms with Gasteiger partial charge < -0.3 is 15.5 Å². The van der Waals surface area contributed by atoms with Crippen LogP contribution in [0.3, 0.4) is 0 Å². The van der Waals surface area contributed by atoms with Crippen LogP contribution in [0, 0.1) is 0 Å². The Hall–Kier alpha value is -1.71. The lowest BCUT2D eigenvalue weighted by Gasteiger charge is -2.22. The molecule has 0 aliphatic carbocycles. The van der Waals surface area contributed by atoms with Gasteiger partial charge in [0.2, 0.25) is 0 Å². The average Bonchev–Trinajstić information content (AvgIpc) is 2.46. The topological polar surface area (TPSA) is 44.4 Å². The Labute approximate surface area is 115 Å². The highest BCUT2D eigenvalue weighted by Gasteiger charge is 2.14. The third kappa shape index (κ3) is 3.40. The van der Waals surface area contributed by atoms with Crippen molar-refractivity contribution in [1.29, 1.82) is 0 Å². The molecule has 19 heavy (non-hydrogen) atoms. The predicted molar refractivity (Wildman–Crippen MR) is 79.9 cm³/mol. The normalized spacial score (nSPS) is 13.2. The SMILES string of the molecule is CCCCCN(C)C(=O)c1ccc2c(c1)NCCN2. The van der Waals surface area contributed by atoms with Gasteiger partial charge in [0.25, 0.3) is 5.91 Å². The quantitative estimate of drug-likeness (QED) is 0.801. The summed E-state index contributed by atoms with van der Waals surface area (Å²) in [6, 6.07) is 5.83. The highest BCUT2D eigenvalue weighted by molar-refractivity contribution is 5.96. The summed E-state index contributed by atoms with van der Waals surface area (Å²) >= 11 is 0. The van der Waals surface area contributed by atoms with Crippen LogP contribution >= 0.6 is 0 Å². The second-order valence-electron chi connectivity index (χ2n) is 5.05. The Morgan fingerprint density at radius 3 is 2.68 bits per heavy atom. The highest BCUT2D eigenvalue weighted by Crippen LogP contribution is 2.25. The summed E-state index contributed by atoms with van der Waals surface area (Å²) in [7, 11) is 1.88. The largest absolute Gasteiger partial charge is 0.382 e. The van der Waals surface area contributed by atoms with Gasteiger partial charge >= 0.3 is 0 Å². The Bertz CT molecular complexity index is 445. The van der Waals surface area contributed by atoms with Crippen molar-refractivity contribution in [2.45, 2.75) is 26.2 Å². The number of benzene rings is 1. The van der Waals surface area contributed by atoms with Crippen molar-refractivity contribution in [3.8, 4) is 0 Å². The molecule has 4 heteroatoms. The molecule has 1 aromatic carbocycles. The fourth-order valence-electron chi connectivity index (χ4n) is 2.29. The van der Waals surface area contributed by atoms with Gasteiger partial charge in [-0.2, -0.15) is 0 Å². The van der Waals surface area contributed by atoms with Gasteiger partial charge in [-0.1, -0.05) is 19.8 Å². The molecule has 0 saturated carbocycles. The Morgan fingerprint density at radius 2 is 1.95 bits per heavy atom. The predicted octanol–water partition coefficient (Wildman–Crippen LogP) is 2.79. The number of rotatable bonds is 5. The second kappa shape index (κ2) is 6.45. The Balaban J connectivity index is 2.02. The minimum Gasteiger partial charge on any atom is -0.382 e. The van der Waals surface area contributed by atoms with Crippen LogP contribution in [-0.4, -0.2) is 37.5 Å². The van der Waals surface area contributed by atoms with Crippen LogP contribution in [-0.2, 0) is 0 Å². The van der Waals surface area contributed by atoms with Crippen LogP contribution in [0.1, 0.15) is 36.5 Å². The number of hydrogen-bond acceptors (Lipinski definition) is 3. The minimum absolute atomic E-state index is 0.103. The van der Waals surface area contributed by atoms with Crippen LogP contribution in [0.15, 0.2) is 18.2 Å². The molecule has 0 radical (unpaired) electrons. The third-order valence-corrected chi connectivity index (χ3v) is 3.47. The first-order valence-electron chi connectivity index (χ1n) is 7.09. The number of amides is 1. The zero-order valence-corrected chi connectivity index (χ0v) is 11.8. The number of nitrogens with zero attached hydrogens (tertiary/aromatic N) is 1. The number of carbonyl (C=O) groups is 1. The smallest absolute Gasteiger partial charge is 0.253 e. The maximum Gasteiger partial charge on any atom is 0.253 e. The van der Waals surface area contributed by atoms with E-state index in [9.17, 15) is 4.79 Å². The van der Waals surface area contributed by atoms with Crippen LogP contribution in [0.4, 0.5) is 11.4 Å². The van der Waals surface area contributed by atoms with Crippen LogP contribution in [0.5, 0.6) is 0 Å². The van der Waals surface area contributed by atoms with Gasteiger partial charge in [0.05, 0.1) is 11.4 Å². The highest BCUT2D eigenvalue weighted by atomic mass is 16.2. The van der Waals surface area contributed by atoms with E-state index in [-0.39, 0.29) is 5.91 Å². The van der Waals surface area contributed by atoms with Gasteiger partial charge in [-0.15, -0.1) is 0 Å². The molecule has 1 amide bonds. The van der Waals surface area contributed by atoms with E-state index in [0.29, 0.717) is 0 Å². The minimum atomic E-state index is 0.103. The van der Waals surface area contributed by atoms with Crippen molar-refractivity contribution in [3.05, 3.63) is 23.8 Å². The molecule has 0 unspecified atom stereocenters. The number of unbranched alkanes of at least 4 members (excludes halogenated alkanes) is 2. The lowest BCUT2D eigenvalue weighted by atomic mass is 10.1. The second-order valence-corrected chi connectivity index (χ2v) is 5.05. The number of anilines is 2. The average molecular weight is 261 g/mol. The summed E-state index contributed by atoms with van der Waals surface area (Å²) in [6.07, 6.45) is 3.42. The molecule has 104 valence electrons. The fraction of sp³-hybridized carbons (Fsp3) is 0.533. The van der Waals surface area contributed by atoms with Gasteiger partial charge in [0.1, 0.15) is 0 Å². The molecule has 0 atom stereocenters. The van der Waals surface area contributed by atoms with Crippen molar-refractivity contribution in [3.63, 3.8) is 0 Å². The molecule has 0 bridgehead atoms. The van der Waals surface area contributed by atoms with Crippen LogP contribution in [0.2, 0.25) is 0 Å². The lowest BCUT2D eigenvalue weighted by Crippen LogP contribution is -2.28. The van der Waals surface area contributed by atoms with Crippen LogP contribution in [0.25, 0.3) is 0 Å². The van der Waals surface area contributed by atoms with Gasteiger partial charge in [-0.05, 0) is 24.6 Å². The van der Waals surface area contributed by atoms with E-state index in [1.165, 1.54) is 12.8 Å². The molecule has 1 aliphatic heterocycles. The van der Waals surface area contributed by atoms with Crippen LogP contribution < -0.4 is 10.6 Å². The first-order valence-corrected chi connectivity index (χ1v) is 7.09. The van der Waals surface area contributed by atoms with E-state index in [0.717, 1.165) is 43.0 Å². The standard InChI is InChI=1S/C15H23N3O/c1-3-4-5-10-18(2)15(19)12-6-7-13-14(11-12)17-9-8-16-13/h6-7,11,16-17H,3-5,8-10H2,1-2H3. The van der Waals surface area contributed by atoms with Gasteiger partial charge in [-0.25, -0.2) is 0 Å². The van der Waals surface area contributed by atoms with Crippen molar-refractivity contribution in [1.82, 2.24) is 4.90 Å². The summed E-state index contributed by atoms with van der Waals surface area (Å²) in [6.45, 7) is 4.83. The molecule has 2 rings (SSSR count). The van der Waals surface area contributed by atoms with Crippen molar-refractivity contribution in [2.75, 3.05) is 37.3 Å². The van der Waals surface area contributed by atoms with Crippen molar-refractivity contribution >= 4 is 17.3 Å². The maximum atomic E-state index is 12.3. The number of nitrogens with one attached hydrogen (secondary N) is 2. The van der Waals surface area contributed by atoms with Gasteiger partial charge in [0, 0.05) is 32.2 Å². The van der Waals surface area contributed by atoms with E-state index < -0.39 is 0 Å². The van der Waals surface area contributed by atoms with E-state index in [1.807, 2.05) is 30.1 Å². The molecular weight excluding hydrogens is 238 g/mol. The monoisotopic (exact) mass is 261 g/mol. The zero-order chi connectivity index (χ0) is 13.7. The summed E-state index contributed by atoms with van der Waals surface area (Å²) < 4.78 is 0. The molecule has 1 heterocycles. The molecule has 1 aliphatic rings. The summed E-state index contributed by atoms with van der Waals surface area (Å²) in [5, 5.41) is 6.63. The molecular formula is C15H23N3O. The number of hydrogen-bond donors (Lipinski definition) is 2. The van der Waals surface area contributed by atoms with Crippen molar-refractivity contribution in [2.24, 2.45) is 0 Å². The molecule has 1 aromatic rings. The van der Waals surface area contributed by atoms with E-state index in [2.05, 4.69) is 17.6 Å². The number of carbonyl (C=O) groups excluding carboxylic acids is 1. The molecule has 0 spiro atoms. The summed E-state index contributed by atoms with van der Waals surface area (Å²) in [5.74, 6) is 0.103. The fourth-order valence-corrected chi connectivity index (χ4v) is 2.29. The molecule has 0 aromatic heterocycles. The third-order valence-electron chi connectivity index (χ3n) is 3.47. The molecule has 0 fully saturated rings. The first kappa shape index (κ1) is 13.7.